The maximum absolute atomic E-state index is 14.5. The standard InChI is InChI=1S/C67H99N17O18S/c1-39(2)27-51(65(99)76-49(60(69)94)17-26-103-6)78-66(100)53(29-44-31-70-38-73-44)75-55(87)32-72-67(101)59(40(3)4)80-61(95)41(5)74-64(98)52(28-43-30-71-48-10-8-7-9-47(43)48)79-63(97)50(15-16-54(68)86)77-62(96)42-11-13-46(14-12-42)102-37-45(85)33-81-18-20-82(34-56(88)89)22-24-84(36-58(92)93)25-23-83(21-19-81)35-57(90)91/h7-14,30-31,38-41,45,49-53,59,71,85H,15-29,32-37H2,1-6H3,(H2,68,86)(H2,69,94)(H,70,73)(H,72,101)(H,74,98)(H,75,87)(H,76,99)(H,77,96)(H,78,100)(H,79,97)(H,80,95)(H,88,89)(H,90,91)(H,92,93)/t41-,45?,49-,50-,51-,52-,53-,59-/m0/s1. The molecule has 18 N–H and O–H groups in total. The molecule has 10 amide bonds. The number of aliphatic hydroxyl groups is 1. The maximum Gasteiger partial charge on any atom is 0.317 e. The van der Waals surface area contributed by atoms with Gasteiger partial charge in [0.25, 0.3) is 5.91 Å². The van der Waals surface area contributed by atoms with E-state index in [1.807, 2.05) is 25.0 Å². The number of ether oxygens (including phenoxy) is 1. The number of H-pyrrole nitrogens is 2. The van der Waals surface area contributed by atoms with Crippen molar-refractivity contribution >= 4 is 99.6 Å². The van der Waals surface area contributed by atoms with Crippen LogP contribution in [-0.2, 0) is 70.4 Å². The molecule has 566 valence electrons. The Hall–Kier alpha value is -9.75. The van der Waals surface area contributed by atoms with Crippen LogP contribution >= 0.6 is 11.8 Å². The number of carbonyl (C=O) groups is 13. The molecule has 4 aromatic rings. The van der Waals surface area contributed by atoms with E-state index in [1.165, 1.54) is 55.5 Å². The summed E-state index contributed by atoms with van der Waals surface area (Å²) in [6.07, 6.45) is 4.59. The van der Waals surface area contributed by atoms with Crippen molar-refractivity contribution in [1.82, 2.24) is 77.1 Å². The Labute approximate surface area is 600 Å². The average Bonchev–Trinajstić information content (AvgIpc) is 1.51. The Bertz CT molecular complexity index is 3470. The summed E-state index contributed by atoms with van der Waals surface area (Å²) < 4.78 is 5.88. The number of hydrogen-bond acceptors (Lipinski definition) is 21. The van der Waals surface area contributed by atoms with Crippen LogP contribution in [0.1, 0.15) is 81.9 Å². The Balaban J connectivity index is 1.23. The highest BCUT2D eigenvalue weighted by Gasteiger charge is 2.35. The lowest BCUT2D eigenvalue weighted by Crippen LogP contribution is -2.59. The zero-order valence-corrected chi connectivity index (χ0v) is 59.6. The van der Waals surface area contributed by atoms with Gasteiger partial charge >= 0.3 is 17.9 Å². The monoisotopic (exact) mass is 1460 g/mol. The number of carboxylic acid groups (broad SMARTS) is 3. The van der Waals surface area contributed by atoms with Crippen molar-refractivity contribution in [2.24, 2.45) is 23.3 Å². The van der Waals surface area contributed by atoms with Crippen molar-refractivity contribution in [1.29, 1.82) is 0 Å². The van der Waals surface area contributed by atoms with Gasteiger partial charge < -0.3 is 89.1 Å². The first-order valence-electron chi connectivity index (χ1n) is 33.8. The lowest BCUT2D eigenvalue weighted by Gasteiger charge is -2.33. The molecule has 1 aliphatic rings. The fraction of sp³-hybridized carbons (Fsp3) is 0.552. The van der Waals surface area contributed by atoms with E-state index >= 15 is 0 Å². The van der Waals surface area contributed by atoms with Gasteiger partial charge in [-0.05, 0) is 85.9 Å². The first-order valence-corrected chi connectivity index (χ1v) is 35.2. The van der Waals surface area contributed by atoms with E-state index in [9.17, 15) is 82.8 Å². The Morgan fingerprint density at radius 2 is 1.15 bits per heavy atom. The summed E-state index contributed by atoms with van der Waals surface area (Å²) >= 11 is 1.45. The number of imidazole rings is 1. The van der Waals surface area contributed by atoms with Gasteiger partial charge in [-0.1, -0.05) is 45.9 Å². The highest BCUT2D eigenvalue weighted by Crippen LogP contribution is 2.21. The Morgan fingerprint density at radius 3 is 1.69 bits per heavy atom. The van der Waals surface area contributed by atoms with Crippen molar-refractivity contribution < 1.29 is 87.5 Å². The number of rotatable bonds is 41. The summed E-state index contributed by atoms with van der Waals surface area (Å²) in [4.78, 5) is 188. The van der Waals surface area contributed by atoms with E-state index in [4.69, 9.17) is 16.2 Å². The molecule has 0 radical (unpaired) electrons. The second-order valence-corrected chi connectivity index (χ2v) is 27.0. The minimum absolute atomic E-state index is 0.0290. The predicted molar refractivity (Wildman–Crippen MR) is 377 cm³/mol. The molecular weight excluding hydrogens is 1360 g/mol. The molecule has 36 heteroatoms. The highest BCUT2D eigenvalue weighted by molar-refractivity contribution is 7.98. The number of nitrogens with one attached hydrogen (secondary N) is 10. The molecular formula is C67H99N17O18S. The molecule has 0 saturated carbocycles. The van der Waals surface area contributed by atoms with Gasteiger partial charge in [0, 0.05) is 113 Å². The van der Waals surface area contributed by atoms with Crippen molar-refractivity contribution in [3.8, 4) is 5.75 Å². The molecule has 2 aromatic carbocycles. The molecule has 35 nitrogen and oxygen atoms in total. The summed E-state index contributed by atoms with van der Waals surface area (Å²) in [7, 11) is 0. The van der Waals surface area contributed by atoms with Crippen molar-refractivity contribution in [2.45, 2.75) is 122 Å². The van der Waals surface area contributed by atoms with Gasteiger partial charge in [0.15, 0.2) is 0 Å². The normalized spacial score (nSPS) is 16.0. The number of primary amides is 2. The van der Waals surface area contributed by atoms with Crippen LogP contribution in [0.4, 0.5) is 0 Å². The minimum atomic E-state index is -1.47. The van der Waals surface area contributed by atoms with Crippen molar-refractivity contribution in [3.63, 3.8) is 0 Å². The summed E-state index contributed by atoms with van der Waals surface area (Å²) in [5.41, 5.74) is 12.8. The fourth-order valence-corrected chi connectivity index (χ4v) is 11.6. The number of aliphatic hydroxyl groups excluding tert-OH is 1. The number of β-amino-alcohol motifs (C(OH)–C–C–N with tert-alkyl or cyclic N) is 1. The fourth-order valence-electron chi connectivity index (χ4n) is 11.2. The smallest absolute Gasteiger partial charge is 0.317 e. The third-order valence-electron chi connectivity index (χ3n) is 16.7. The van der Waals surface area contributed by atoms with Gasteiger partial charge in [0.1, 0.15) is 60.8 Å². The number of nitrogens with two attached hydrogens (primary N) is 2. The molecule has 1 saturated heterocycles. The van der Waals surface area contributed by atoms with Crippen LogP contribution < -0.4 is 58.7 Å². The van der Waals surface area contributed by atoms with Crippen LogP contribution in [0.15, 0.2) is 67.3 Å². The minimum Gasteiger partial charge on any atom is -0.491 e. The van der Waals surface area contributed by atoms with E-state index < -0.39 is 138 Å². The van der Waals surface area contributed by atoms with Crippen LogP contribution in [0.5, 0.6) is 5.75 Å². The highest BCUT2D eigenvalue weighted by atomic mass is 32.2. The van der Waals surface area contributed by atoms with Gasteiger partial charge in [0.05, 0.1) is 32.5 Å². The second-order valence-electron chi connectivity index (χ2n) is 26.0. The third-order valence-corrected chi connectivity index (χ3v) is 17.4. The number of carboxylic acids is 3. The predicted octanol–water partition coefficient (Wildman–Crippen LogP) is -3.06. The molecule has 103 heavy (non-hydrogen) atoms. The molecule has 0 bridgehead atoms. The number of hydrogen-bond donors (Lipinski definition) is 16. The van der Waals surface area contributed by atoms with Crippen LogP contribution in [-0.4, -0.2) is 284 Å². The van der Waals surface area contributed by atoms with Gasteiger partial charge in [0.2, 0.25) is 53.2 Å². The lowest BCUT2D eigenvalue weighted by atomic mass is 10.0. The van der Waals surface area contributed by atoms with E-state index in [0.29, 0.717) is 27.9 Å². The van der Waals surface area contributed by atoms with E-state index in [2.05, 4.69) is 57.5 Å². The molecule has 0 aliphatic carbocycles. The Kier molecular flexibility index (Phi) is 34.7. The molecule has 2 aromatic heterocycles. The number of nitrogens with zero attached hydrogens (tertiary/aromatic N) is 5. The molecule has 1 fully saturated rings. The molecule has 1 unspecified atom stereocenters. The first-order chi connectivity index (χ1) is 48.9. The number of benzene rings is 2. The number of thioether (sulfide) groups is 1. The first kappa shape index (κ1) is 83.9. The van der Waals surface area contributed by atoms with Crippen molar-refractivity contribution in [3.05, 3.63) is 84.1 Å². The topological polar surface area (TPSA) is 518 Å². The summed E-state index contributed by atoms with van der Waals surface area (Å²) in [6, 6.07) is 3.73. The quantitative estimate of drug-likeness (QED) is 0.0210. The number of aromatic nitrogens is 3. The molecule has 8 atom stereocenters. The number of aliphatic carboxylic acids is 3. The van der Waals surface area contributed by atoms with Crippen LogP contribution in [0.3, 0.4) is 0 Å². The SMILES string of the molecule is CSCC[C@H](NC(=O)[C@H](CC(C)C)NC(=O)[C@H](Cc1cnc[nH]1)NC(=O)CNC(=O)[C@@H](NC(=O)[C@H](C)NC(=O)[C@H](Cc1c[nH]c2ccccc12)NC(=O)[C@H](CCC(N)=O)NC(=O)c1ccc(OCC(O)CN2CCN(CC(=O)O)CCN(CC(=O)O)CCN(CC(=O)O)CC2)cc1)C(C)C)C(N)=O. The number of amides is 10. The van der Waals surface area contributed by atoms with Crippen LogP contribution in [0, 0.1) is 11.8 Å². The van der Waals surface area contributed by atoms with E-state index in [1.54, 1.807) is 59.0 Å². The van der Waals surface area contributed by atoms with Gasteiger partial charge in [-0.2, -0.15) is 11.8 Å². The van der Waals surface area contributed by atoms with Crippen LogP contribution in [0.2, 0.25) is 0 Å². The zero-order valence-electron chi connectivity index (χ0n) is 58.8. The average molecular weight is 1460 g/mol. The molecule has 5 rings (SSSR count). The lowest BCUT2D eigenvalue weighted by molar-refractivity contribution is -0.140. The number of aromatic amines is 2. The zero-order chi connectivity index (χ0) is 75.9. The van der Waals surface area contributed by atoms with Gasteiger partial charge in [-0.15, -0.1) is 0 Å². The van der Waals surface area contributed by atoms with Crippen LogP contribution in [0.25, 0.3) is 10.9 Å². The third kappa shape index (κ3) is 30.0. The molecule has 1 aliphatic heterocycles. The number of carbonyl (C=O) groups excluding carboxylic acids is 10. The van der Waals surface area contributed by atoms with Gasteiger partial charge in [-0.3, -0.25) is 81.9 Å². The molecule has 3 heterocycles. The summed E-state index contributed by atoms with van der Waals surface area (Å²) in [6.45, 7) is 8.21. The second kappa shape index (κ2) is 42.6. The van der Waals surface area contributed by atoms with Gasteiger partial charge in [-0.25, -0.2) is 4.98 Å². The summed E-state index contributed by atoms with van der Waals surface area (Å²) in [5.74, 6) is -11.2. The Morgan fingerprint density at radius 1 is 0.602 bits per heavy atom. The van der Waals surface area contributed by atoms with Crippen molar-refractivity contribution in [2.75, 3.05) is 104 Å². The molecule has 0 spiro atoms. The largest absolute Gasteiger partial charge is 0.491 e. The van der Waals surface area contributed by atoms with E-state index in [0.717, 1.165) is 0 Å². The summed E-state index contributed by atoms with van der Waals surface area (Å²) in [5, 5.41) is 61.5. The number of para-hydroxylation sites is 1. The number of fused-ring (bicyclic) bond motifs is 1. The maximum atomic E-state index is 14.5. The van der Waals surface area contributed by atoms with E-state index in [-0.39, 0.29) is 141 Å².